The summed E-state index contributed by atoms with van der Waals surface area (Å²) in [5.74, 6) is 2.35. The Bertz CT molecular complexity index is 1620. The van der Waals surface area contributed by atoms with E-state index in [9.17, 15) is 4.79 Å². The van der Waals surface area contributed by atoms with E-state index < -0.39 is 0 Å². The van der Waals surface area contributed by atoms with Crippen LogP contribution >= 0.6 is 0 Å². The van der Waals surface area contributed by atoms with Crippen molar-refractivity contribution in [2.24, 2.45) is 0 Å². The Kier molecular flexibility index (Phi) is 5.25. The number of ether oxygens (including phenoxy) is 1. The molecular weight excluding hydrogens is 454 g/mol. The van der Waals surface area contributed by atoms with Crippen molar-refractivity contribution in [1.82, 2.24) is 29.6 Å². The molecule has 1 aliphatic heterocycles. The number of fused-ring (bicyclic) bond motifs is 2. The molecule has 1 N–H and O–H groups in total. The highest BCUT2D eigenvalue weighted by Gasteiger charge is 2.34. The molecule has 2 aromatic carbocycles. The van der Waals surface area contributed by atoms with Gasteiger partial charge in [0.1, 0.15) is 18.2 Å². The van der Waals surface area contributed by atoms with Crippen molar-refractivity contribution in [3.05, 3.63) is 94.4 Å². The van der Waals surface area contributed by atoms with E-state index in [4.69, 9.17) is 9.84 Å². The highest BCUT2D eigenvalue weighted by atomic mass is 16.5. The third-order valence-corrected chi connectivity index (χ3v) is 6.66. The molecule has 36 heavy (non-hydrogen) atoms. The van der Waals surface area contributed by atoms with Crippen molar-refractivity contribution >= 4 is 17.4 Å². The van der Waals surface area contributed by atoms with E-state index in [1.807, 2.05) is 62.4 Å². The maximum atomic E-state index is 12.9. The standard InChI is InChI=1S/C27H25N7O2/c1-16-8-4-5-9-19(16)15-36-22-11-7-6-10-20(22)21-14-25(35)28-27-26(21)17(2)31-34(27)24-13-12-23-30-29-18(3)33(23)32-24/h4-13,21H,14-15H2,1-3H3,(H,28,35)/t21-/m0/s1. The van der Waals surface area contributed by atoms with E-state index >= 15 is 0 Å². The van der Waals surface area contributed by atoms with Gasteiger partial charge in [-0.25, -0.2) is 0 Å². The van der Waals surface area contributed by atoms with Crippen molar-refractivity contribution in [1.29, 1.82) is 0 Å². The third kappa shape index (κ3) is 3.69. The lowest BCUT2D eigenvalue weighted by Crippen LogP contribution is -2.25. The van der Waals surface area contributed by atoms with Crippen LogP contribution in [0.1, 0.15) is 46.1 Å². The fourth-order valence-corrected chi connectivity index (χ4v) is 4.81. The first-order chi connectivity index (χ1) is 17.5. The van der Waals surface area contributed by atoms with Gasteiger partial charge in [0.25, 0.3) is 0 Å². The fourth-order valence-electron chi connectivity index (χ4n) is 4.81. The van der Waals surface area contributed by atoms with E-state index in [-0.39, 0.29) is 11.8 Å². The van der Waals surface area contributed by atoms with Crippen LogP contribution in [0.2, 0.25) is 0 Å². The summed E-state index contributed by atoms with van der Waals surface area (Å²) in [4.78, 5) is 12.9. The number of rotatable bonds is 5. The topological polar surface area (TPSA) is 99.2 Å². The third-order valence-electron chi connectivity index (χ3n) is 6.66. The van der Waals surface area contributed by atoms with Crippen LogP contribution in [0.3, 0.4) is 0 Å². The molecular formula is C27H25N7O2. The summed E-state index contributed by atoms with van der Waals surface area (Å²) in [5.41, 5.74) is 5.71. The van der Waals surface area contributed by atoms with Crippen LogP contribution in [0.25, 0.3) is 11.5 Å². The molecule has 9 nitrogen and oxygen atoms in total. The largest absolute Gasteiger partial charge is 0.489 e. The predicted octanol–water partition coefficient (Wildman–Crippen LogP) is 4.29. The van der Waals surface area contributed by atoms with Crippen LogP contribution in [-0.2, 0) is 11.4 Å². The Labute approximate surface area is 207 Å². The first kappa shape index (κ1) is 22.0. The number of para-hydroxylation sites is 1. The molecule has 0 saturated heterocycles. The summed E-state index contributed by atoms with van der Waals surface area (Å²) in [7, 11) is 0. The van der Waals surface area contributed by atoms with Gasteiger partial charge in [0.2, 0.25) is 5.91 Å². The fraction of sp³-hybridized carbons (Fsp3) is 0.222. The molecule has 0 fully saturated rings. The second kappa shape index (κ2) is 8.60. The number of anilines is 1. The van der Waals surface area contributed by atoms with Gasteiger partial charge >= 0.3 is 0 Å². The molecule has 0 aliphatic carbocycles. The van der Waals surface area contributed by atoms with Gasteiger partial charge in [-0.2, -0.15) is 14.3 Å². The van der Waals surface area contributed by atoms with Gasteiger partial charge in [-0.15, -0.1) is 15.3 Å². The predicted molar refractivity (Wildman–Crippen MR) is 134 cm³/mol. The Morgan fingerprint density at radius 3 is 2.64 bits per heavy atom. The Balaban J connectivity index is 1.41. The molecule has 1 atom stereocenters. The zero-order valence-electron chi connectivity index (χ0n) is 20.3. The number of amides is 1. The Morgan fingerprint density at radius 2 is 1.78 bits per heavy atom. The summed E-state index contributed by atoms with van der Waals surface area (Å²) >= 11 is 0. The lowest BCUT2D eigenvalue weighted by molar-refractivity contribution is -0.116. The van der Waals surface area contributed by atoms with E-state index in [1.54, 1.807) is 9.20 Å². The molecule has 0 bridgehead atoms. The molecule has 1 amide bonds. The molecule has 1 aliphatic rings. The number of benzene rings is 2. The number of hydrogen-bond acceptors (Lipinski definition) is 6. The average Bonchev–Trinajstić information content (AvgIpc) is 3.42. The molecule has 0 unspecified atom stereocenters. The van der Waals surface area contributed by atoms with Gasteiger partial charge in [-0.3, -0.25) is 4.79 Å². The summed E-state index contributed by atoms with van der Waals surface area (Å²) in [6.07, 6.45) is 0.307. The second-order valence-corrected chi connectivity index (χ2v) is 9.03. The molecule has 5 aromatic rings. The van der Waals surface area contributed by atoms with Gasteiger partial charge in [-0.1, -0.05) is 42.5 Å². The number of carbonyl (C=O) groups excluding carboxylic acids is 1. The van der Waals surface area contributed by atoms with Gasteiger partial charge in [0, 0.05) is 23.5 Å². The van der Waals surface area contributed by atoms with Crippen LogP contribution in [0.4, 0.5) is 5.82 Å². The van der Waals surface area contributed by atoms with Gasteiger partial charge in [0.05, 0.1) is 5.69 Å². The van der Waals surface area contributed by atoms with Crippen LogP contribution < -0.4 is 10.1 Å². The van der Waals surface area contributed by atoms with Crippen LogP contribution in [0.5, 0.6) is 5.75 Å². The van der Waals surface area contributed by atoms with Crippen LogP contribution in [0.15, 0.2) is 60.7 Å². The monoisotopic (exact) mass is 479 g/mol. The molecule has 3 aromatic heterocycles. The minimum atomic E-state index is -0.198. The normalized spacial score (nSPS) is 15.1. The van der Waals surface area contributed by atoms with Crippen molar-refractivity contribution in [3.63, 3.8) is 0 Å². The zero-order valence-corrected chi connectivity index (χ0v) is 20.3. The van der Waals surface area contributed by atoms with E-state index in [1.165, 1.54) is 5.56 Å². The zero-order chi connectivity index (χ0) is 24.8. The minimum Gasteiger partial charge on any atom is -0.489 e. The van der Waals surface area contributed by atoms with Gasteiger partial charge in [-0.05, 0) is 50.1 Å². The molecule has 180 valence electrons. The van der Waals surface area contributed by atoms with Crippen LogP contribution in [-0.4, -0.2) is 35.5 Å². The lowest BCUT2D eigenvalue weighted by Gasteiger charge is -2.26. The van der Waals surface area contributed by atoms with E-state index in [0.717, 1.165) is 28.1 Å². The smallest absolute Gasteiger partial charge is 0.226 e. The molecule has 4 heterocycles. The van der Waals surface area contributed by atoms with Gasteiger partial charge < -0.3 is 10.1 Å². The highest BCUT2D eigenvalue weighted by molar-refractivity contribution is 5.95. The maximum absolute atomic E-state index is 12.9. The summed E-state index contributed by atoms with van der Waals surface area (Å²) in [5, 5.41) is 20.6. The Hall–Kier alpha value is -4.53. The quantitative estimate of drug-likeness (QED) is 0.404. The van der Waals surface area contributed by atoms with Crippen molar-refractivity contribution < 1.29 is 9.53 Å². The minimum absolute atomic E-state index is 0.0797. The first-order valence-corrected chi connectivity index (χ1v) is 11.8. The number of aromatic nitrogens is 6. The summed E-state index contributed by atoms with van der Waals surface area (Å²) < 4.78 is 9.65. The number of aryl methyl sites for hydroxylation is 3. The van der Waals surface area contributed by atoms with Crippen molar-refractivity contribution in [2.75, 3.05) is 5.32 Å². The highest BCUT2D eigenvalue weighted by Crippen LogP contribution is 2.43. The SMILES string of the molecule is Cc1ccccc1COc1ccccc1[C@@H]1CC(=O)Nc2c1c(C)nn2-c1ccc2nnc(C)n2n1. The van der Waals surface area contributed by atoms with Crippen molar-refractivity contribution in [2.45, 2.75) is 39.7 Å². The van der Waals surface area contributed by atoms with E-state index in [0.29, 0.717) is 36.1 Å². The average molecular weight is 480 g/mol. The molecule has 0 spiro atoms. The van der Waals surface area contributed by atoms with Crippen LogP contribution in [0, 0.1) is 20.8 Å². The maximum Gasteiger partial charge on any atom is 0.226 e. The Morgan fingerprint density at radius 1 is 0.972 bits per heavy atom. The number of nitrogens with zero attached hydrogens (tertiary/aromatic N) is 6. The number of nitrogens with one attached hydrogen (secondary N) is 1. The molecule has 0 saturated carbocycles. The summed E-state index contributed by atoms with van der Waals surface area (Å²) in [6.45, 7) is 6.33. The molecule has 6 rings (SSSR count). The summed E-state index contributed by atoms with van der Waals surface area (Å²) in [6, 6.07) is 19.8. The van der Waals surface area contributed by atoms with E-state index in [2.05, 4.69) is 39.7 Å². The second-order valence-electron chi connectivity index (χ2n) is 9.03. The molecule has 9 heteroatoms. The lowest BCUT2D eigenvalue weighted by atomic mass is 9.85. The van der Waals surface area contributed by atoms with Crippen molar-refractivity contribution in [3.8, 4) is 11.6 Å². The molecule has 0 radical (unpaired) electrons. The number of carbonyl (C=O) groups is 1. The number of hydrogen-bond donors (Lipinski definition) is 1. The van der Waals surface area contributed by atoms with Gasteiger partial charge in [0.15, 0.2) is 17.3 Å². The first-order valence-electron chi connectivity index (χ1n) is 11.8.